The topological polar surface area (TPSA) is 51.7 Å². The quantitative estimate of drug-likeness (QED) is 0.744. The predicted octanol–water partition coefficient (Wildman–Crippen LogP) is 3.03. The SMILES string of the molecule is COCCN(Cc1csc(COc2cccc(C)c2)n1)C(C)=O. The van der Waals surface area contributed by atoms with Gasteiger partial charge in [-0.2, -0.15) is 0 Å². The summed E-state index contributed by atoms with van der Waals surface area (Å²) >= 11 is 1.55. The number of hydrogen-bond donors (Lipinski definition) is 0. The van der Waals surface area contributed by atoms with Crippen molar-refractivity contribution >= 4 is 17.2 Å². The monoisotopic (exact) mass is 334 g/mol. The van der Waals surface area contributed by atoms with E-state index in [1.807, 2.05) is 36.6 Å². The van der Waals surface area contributed by atoms with Crippen molar-refractivity contribution in [1.82, 2.24) is 9.88 Å². The summed E-state index contributed by atoms with van der Waals surface area (Å²) in [5, 5.41) is 2.87. The van der Waals surface area contributed by atoms with E-state index in [-0.39, 0.29) is 5.91 Å². The summed E-state index contributed by atoms with van der Waals surface area (Å²) in [5.74, 6) is 0.861. The molecule has 0 spiro atoms. The van der Waals surface area contributed by atoms with Gasteiger partial charge in [0.05, 0.1) is 18.8 Å². The molecule has 0 atom stereocenters. The lowest BCUT2D eigenvalue weighted by Gasteiger charge is -2.19. The van der Waals surface area contributed by atoms with Crippen molar-refractivity contribution in [3.8, 4) is 5.75 Å². The molecular formula is C17H22N2O3S. The Morgan fingerprint density at radius 1 is 1.39 bits per heavy atom. The molecule has 1 heterocycles. The molecule has 0 radical (unpaired) electrons. The number of aryl methyl sites for hydroxylation is 1. The van der Waals surface area contributed by atoms with Crippen molar-refractivity contribution < 1.29 is 14.3 Å². The van der Waals surface area contributed by atoms with Crippen LogP contribution in [-0.4, -0.2) is 36.1 Å². The Labute approximate surface area is 140 Å². The third kappa shape index (κ3) is 5.65. The zero-order valence-electron chi connectivity index (χ0n) is 13.7. The van der Waals surface area contributed by atoms with Crippen molar-refractivity contribution in [3.05, 3.63) is 45.9 Å². The second-order valence-corrected chi connectivity index (χ2v) is 6.21. The number of methoxy groups -OCH3 is 1. The van der Waals surface area contributed by atoms with Crippen molar-refractivity contribution in [3.63, 3.8) is 0 Å². The maximum atomic E-state index is 11.6. The molecule has 2 aromatic rings. The van der Waals surface area contributed by atoms with Gasteiger partial charge in [0.1, 0.15) is 17.4 Å². The fourth-order valence-corrected chi connectivity index (χ4v) is 2.78. The molecule has 0 fully saturated rings. The molecule has 5 nitrogen and oxygen atoms in total. The summed E-state index contributed by atoms with van der Waals surface area (Å²) in [6.45, 7) is 5.62. The zero-order valence-corrected chi connectivity index (χ0v) is 14.6. The smallest absolute Gasteiger partial charge is 0.219 e. The van der Waals surface area contributed by atoms with Crippen LogP contribution in [0.1, 0.15) is 23.2 Å². The van der Waals surface area contributed by atoms with Crippen LogP contribution < -0.4 is 4.74 Å². The summed E-state index contributed by atoms with van der Waals surface area (Å²) in [5.41, 5.74) is 2.04. The van der Waals surface area contributed by atoms with E-state index in [2.05, 4.69) is 4.98 Å². The largest absolute Gasteiger partial charge is 0.486 e. The fourth-order valence-electron chi connectivity index (χ4n) is 2.08. The third-order valence-electron chi connectivity index (χ3n) is 3.31. The lowest BCUT2D eigenvalue weighted by Crippen LogP contribution is -2.31. The predicted molar refractivity (Wildman–Crippen MR) is 90.6 cm³/mol. The van der Waals surface area contributed by atoms with Crippen LogP contribution in [0, 0.1) is 6.92 Å². The summed E-state index contributed by atoms with van der Waals surface area (Å²) in [7, 11) is 1.63. The van der Waals surface area contributed by atoms with Crippen LogP contribution in [0.5, 0.6) is 5.75 Å². The van der Waals surface area contributed by atoms with Crippen LogP contribution in [0.2, 0.25) is 0 Å². The van der Waals surface area contributed by atoms with Gasteiger partial charge in [0.15, 0.2) is 0 Å². The number of hydrogen-bond acceptors (Lipinski definition) is 5. The Bertz CT molecular complexity index is 642. The van der Waals surface area contributed by atoms with Gasteiger partial charge in [-0.05, 0) is 24.6 Å². The molecule has 1 amide bonds. The van der Waals surface area contributed by atoms with Gasteiger partial charge in [-0.1, -0.05) is 12.1 Å². The Kier molecular flexibility index (Phi) is 6.55. The molecule has 0 N–H and O–H groups in total. The third-order valence-corrected chi connectivity index (χ3v) is 4.19. The van der Waals surface area contributed by atoms with E-state index in [4.69, 9.17) is 9.47 Å². The number of amides is 1. The average molecular weight is 334 g/mol. The lowest BCUT2D eigenvalue weighted by atomic mass is 10.2. The number of rotatable bonds is 8. The molecule has 0 aliphatic rings. The van der Waals surface area contributed by atoms with Crippen molar-refractivity contribution in [2.24, 2.45) is 0 Å². The molecule has 0 unspecified atom stereocenters. The normalized spacial score (nSPS) is 10.6. The maximum Gasteiger partial charge on any atom is 0.219 e. The zero-order chi connectivity index (χ0) is 16.7. The molecule has 0 bridgehead atoms. The minimum absolute atomic E-state index is 0.0209. The summed E-state index contributed by atoms with van der Waals surface area (Å²) in [6.07, 6.45) is 0. The molecule has 2 rings (SSSR count). The average Bonchev–Trinajstić information content (AvgIpc) is 2.97. The number of thiazole rings is 1. The molecule has 1 aromatic heterocycles. The van der Waals surface area contributed by atoms with Crippen molar-refractivity contribution in [2.45, 2.75) is 27.0 Å². The number of nitrogens with zero attached hydrogens (tertiary/aromatic N) is 2. The minimum atomic E-state index is 0.0209. The molecule has 1 aromatic carbocycles. The highest BCUT2D eigenvalue weighted by Crippen LogP contribution is 2.17. The molecule has 0 saturated heterocycles. The van der Waals surface area contributed by atoms with Gasteiger partial charge in [-0.15, -0.1) is 11.3 Å². The van der Waals surface area contributed by atoms with Crippen LogP contribution in [0.4, 0.5) is 0 Å². The standard InChI is InChI=1S/C17H22N2O3S/c1-13-5-4-6-16(9-13)22-11-17-18-15(12-23-17)10-19(14(2)20)7-8-21-3/h4-6,9,12H,7-8,10-11H2,1-3H3. The van der Waals surface area contributed by atoms with Crippen molar-refractivity contribution in [2.75, 3.05) is 20.3 Å². The first-order chi connectivity index (χ1) is 11.1. The first kappa shape index (κ1) is 17.4. The van der Waals surface area contributed by atoms with Gasteiger partial charge in [0, 0.05) is 26.0 Å². The number of ether oxygens (including phenoxy) is 2. The van der Waals surface area contributed by atoms with E-state index in [0.717, 1.165) is 22.0 Å². The highest BCUT2D eigenvalue weighted by Gasteiger charge is 2.12. The molecule has 124 valence electrons. The maximum absolute atomic E-state index is 11.6. The van der Waals surface area contributed by atoms with Gasteiger partial charge < -0.3 is 14.4 Å². The summed E-state index contributed by atoms with van der Waals surface area (Å²) in [4.78, 5) is 17.9. The highest BCUT2D eigenvalue weighted by molar-refractivity contribution is 7.09. The van der Waals surface area contributed by atoms with E-state index in [9.17, 15) is 4.79 Å². The number of carbonyl (C=O) groups excluding carboxylic acids is 1. The molecule has 0 aliphatic heterocycles. The molecular weight excluding hydrogens is 312 g/mol. The van der Waals surface area contributed by atoms with E-state index >= 15 is 0 Å². The molecule has 0 saturated carbocycles. The van der Waals surface area contributed by atoms with Crippen LogP contribution >= 0.6 is 11.3 Å². The van der Waals surface area contributed by atoms with E-state index in [1.54, 1.807) is 30.3 Å². The Hall–Kier alpha value is -1.92. The molecule has 0 aliphatic carbocycles. The van der Waals surface area contributed by atoms with Crippen LogP contribution in [0.3, 0.4) is 0 Å². The second kappa shape index (κ2) is 8.64. The summed E-state index contributed by atoms with van der Waals surface area (Å²) < 4.78 is 10.8. The van der Waals surface area contributed by atoms with Gasteiger partial charge in [-0.25, -0.2) is 4.98 Å². The highest BCUT2D eigenvalue weighted by atomic mass is 32.1. The van der Waals surface area contributed by atoms with E-state index < -0.39 is 0 Å². The number of carbonyl (C=O) groups is 1. The van der Waals surface area contributed by atoms with Crippen LogP contribution in [0.25, 0.3) is 0 Å². The molecule has 6 heteroatoms. The van der Waals surface area contributed by atoms with Crippen LogP contribution in [-0.2, 0) is 22.7 Å². The summed E-state index contributed by atoms with van der Waals surface area (Å²) in [6, 6.07) is 7.93. The first-order valence-electron chi connectivity index (χ1n) is 7.45. The van der Waals surface area contributed by atoms with Gasteiger partial charge >= 0.3 is 0 Å². The Balaban J connectivity index is 1.90. The second-order valence-electron chi connectivity index (χ2n) is 5.27. The number of aromatic nitrogens is 1. The minimum Gasteiger partial charge on any atom is -0.486 e. The van der Waals surface area contributed by atoms with Gasteiger partial charge in [0.2, 0.25) is 5.91 Å². The van der Waals surface area contributed by atoms with Crippen molar-refractivity contribution in [1.29, 1.82) is 0 Å². The van der Waals surface area contributed by atoms with Gasteiger partial charge in [-0.3, -0.25) is 4.79 Å². The Morgan fingerprint density at radius 2 is 2.22 bits per heavy atom. The fraction of sp³-hybridized carbons (Fsp3) is 0.412. The van der Waals surface area contributed by atoms with Gasteiger partial charge in [0.25, 0.3) is 0 Å². The first-order valence-corrected chi connectivity index (χ1v) is 8.33. The lowest BCUT2D eigenvalue weighted by molar-refractivity contribution is -0.130. The van der Waals surface area contributed by atoms with Crippen LogP contribution in [0.15, 0.2) is 29.6 Å². The van der Waals surface area contributed by atoms with E-state index in [0.29, 0.717) is 26.3 Å². The molecule has 23 heavy (non-hydrogen) atoms. The Morgan fingerprint density at radius 3 is 2.91 bits per heavy atom. The van der Waals surface area contributed by atoms with E-state index in [1.165, 1.54) is 0 Å². The number of benzene rings is 1.